The van der Waals surface area contributed by atoms with Crippen LogP contribution in [0.2, 0.25) is 0 Å². The lowest BCUT2D eigenvalue weighted by Crippen LogP contribution is -2.44. The molecule has 158 valence electrons. The van der Waals surface area contributed by atoms with Crippen LogP contribution in [0.1, 0.15) is 40.5 Å². The highest BCUT2D eigenvalue weighted by atomic mass is 16.2. The first kappa shape index (κ1) is 18.9. The lowest BCUT2D eigenvalue weighted by molar-refractivity contribution is 0.0667. The number of nitrogens with zero attached hydrogens (tertiary/aromatic N) is 3. The van der Waals surface area contributed by atoms with E-state index in [0.29, 0.717) is 6.54 Å². The van der Waals surface area contributed by atoms with Gasteiger partial charge in [0.25, 0.3) is 5.91 Å². The summed E-state index contributed by atoms with van der Waals surface area (Å²) in [7, 11) is 0. The van der Waals surface area contributed by atoms with Crippen LogP contribution in [0, 0.1) is 0 Å². The largest absolute Gasteiger partial charge is 0.361 e. The molecular formula is C27H24N4O. The molecule has 32 heavy (non-hydrogen) atoms. The van der Waals surface area contributed by atoms with Crippen molar-refractivity contribution >= 4 is 11.6 Å². The number of para-hydroxylation sites is 1. The topological polar surface area (TPSA) is 50.2 Å². The molecule has 1 fully saturated rings. The van der Waals surface area contributed by atoms with Gasteiger partial charge in [-0.05, 0) is 30.5 Å². The molecule has 1 saturated carbocycles. The molecule has 5 nitrogen and oxygen atoms in total. The maximum absolute atomic E-state index is 13.5. The fourth-order valence-corrected chi connectivity index (χ4v) is 4.53. The van der Waals surface area contributed by atoms with Gasteiger partial charge in [-0.2, -0.15) is 5.10 Å². The van der Waals surface area contributed by atoms with Gasteiger partial charge in [-0.25, -0.2) is 0 Å². The van der Waals surface area contributed by atoms with E-state index in [4.69, 9.17) is 5.10 Å². The Morgan fingerprint density at radius 1 is 0.875 bits per heavy atom. The van der Waals surface area contributed by atoms with E-state index in [-0.39, 0.29) is 18.1 Å². The van der Waals surface area contributed by atoms with Gasteiger partial charge in [0.05, 0.1) is 17.8 Å². The van der Waals surface area contributed by atoms with Gasteiger partial charge in [-0.3, -0.25) is 9.48 Å². The normalized spacial score (nSPS) is 17.7. The molecule has 1 atom stereocenters. The number of fused-ring (bicyclic) bond motifs is 1. The molecule has 6 rings (SSSR count). The van der Waals surface area contributed by atoms with Crippen LogP contribution in [-0.4, -0.2) is 26.6 Å². The summed E-state index contributed by atoms with van der Waals surface area (Å²) in [6.45, 7) is 0.682. The predicted molar refractivity (Wildman–Crippen MR) is 125 cm³/mol. The lowest BCUT2D eigenvalue weighted by Gasteiger charge is -2.38. The highest BCUT2D eigenvalue weighted by Crippen LogP contribution is 2.42. The van der Waals surface area contributed by atoms with Crippen molar-refractivity contribution in [2.75, 3.05) is 5.32 Å². The second kappa shape index (κ2) is 7.68. The summed E-state index contributed by atoms with van der Waals surface area (Å²) in [4.78, 5) is 15.5. The van der Waals surface area contributed by atoms with E-state index in [1.54, 1.807) is 0 Å². The number of amides is 1. The van der Waals surface area contributed by atoms with Crippen LogP contribution in [0.25, 0.3) is 11.3 Å². The van der Waals surface area contributed by atoms with Crippen molar-refractivity contribution in [1.29, 1.82) is 0 Å². The van der Waals surface area contributed by atoms with Crippen molar-refractivity contribution in [3.05, 3.63) is 108 Å². The predicted octanol–water partition coefficient (Wildman–Crippen LogP) is 5.33. The molecular weight excluding hydrogens is 396 g/mol. The van der Waals surface area contributed by atoms with Crippen molar-refractivity contribution in [2.24, 2.45) is 0 Å². The first-order chi connectivity index (χ1) is 15.8. The molecule has 5 heteroatoms. The summed E-state index contributed by atoms with van der Waals surface area (Å²) in [6, 6.07) is 28.6. The molecule has 3 aromatic carbocycles. The van der Waals surface area contributed by atoms with Crippen LogP contribution in [0.5, 0.6) is 0 Å². The van der Waals surface area contributed by atoms with Gasteiger partial charge in [-0.15, -0.1) is 0 Å². The van der Waals surface area contributed by atoms with E-state index in [0.717, 1.165) is 40.9 Å². The van der Waals surface area contributed by atoms with Gasteiger partial charge in [0.15, 0.2) is 0 Å². The molecule has 1 N–H and O–H groups in total. The number of carbonyl (C=O) groups excluding carboxylic acids is 1. The van der Waals surface area contributed by atoms with Gasteiger partial charge in [-0.1, -0.05) is 72.8 Å². The maximum atomic E-state index is 13.5. The fourth-order valence-electron chi connectivity index (χ4n) is 4.53. The summed E-state index contributed by atoms with van der Waals surface area (Å²) in [5, 5.41) is 8.64. The average Bonchev–Trinajstić information content (AvgIpc) is 3.59. The molecule has 0 radical (unpaired) electrons. The summed E-state index contributed by atoms with van der Waals surface area (Å²) in [5.74, 6) is 0.0988. The van der Waals surface area contributed by atoms with Crippen LogP contribution < -0.4 is 5.32 Å². The van der Waals surface area contributed by atoms with E-state index in [2.05, 4.69) is 35.8 Å². The zero-order valence-electron chi connectivity index (χ0n) is 17.7. The molecule has 0 bridgehead atoms. The zero-order valence-corrected chi connectivity index (χ0v) is 17.7. The highest BCUT2D eigenvalue weighted by Gasteiger charge is 2.43. The summed E-state index contributed by atoms with van der Waals surface area (Å²) >= 11 is 0. The third-order valence-corrected chi connectivity index (χ3v) is 6.22. The molecule has 1 aromatic heterocycles. The van der Waals surface area contributed by atoms with Crippen molar-refractivity contribution in [3.8, 4) is 11.3 Å². The molecule has 1 amide bonds. The molecule has 2 heterocycles. The Balaban J connectivity index is 1.47. The Bertz CT molecular complexity index is 1260. The van der Waals surface area contributed by atoms with Crippen LogP contribution >= 0.6 is 0 Å². The Morgan fingerprint density at radius 3 is 2.31 bits per heavy atom. The number of nitrogens with one attached hydrogen (secondary N) is 1. The quantitative estimate of drug-likeness (QED) is 0.475. The minimum Gasteiger partial charge on any atom is -0.361 e. The molecule has 1 aliphatic heterocycles. The molecule has 1 aliphatic carbocycles. The van der Waals surface area contributed by atoms with Crippen molar-refractivity contribution < 1.29 is 4.79 Å². The van der Waals surface area contributed by atoms with Crippen molar-refractivity contribution in [2.45, 2.75) is 31.6 Å². The third-order valence-electron chi connectivity index (χ3n) is 6.22. The Kier molecular flexibility index (Phi) is 4.53. The van der Waals surface area contributed by atoms with Gasteiger partial charge in [0.2, 0.25) is 0 Å². The second-order valence-electron chi connectivity index (χ2n) is 8.52. The highest BCUT2D eigenvalue weighted by molar-refractivity contribution is 6.02. The fraction of sp³-hybridized carbons (Fsp3) is 0.185. The average molecular weight is 421 g/mol. The van der Waals surface area contributed by atoms with Crippen LogP contribution in [-0.2, 0) is 6.54 Å². The summed E-state index contributed by atoms with van der Waals surface area (Å²) in [5.41, 5.74) is 5.82. The standard InChI is InChI=1S/C27H24N4O/c32-27-22-13-7-8-14-24(22)28-26(31(27)21-15-16-21)23-18-30(17-19-9-3-1-4-10-19)29-25(23)20-11-5-2-6-12-20/h1-14,18,21,26,28H,15-17H2/t26-/m1/s1. The van der Waals surface area contributed by atoms with Crippen LogP contribution in [0.3, 0.4) is 0 Å². The summed E-state index contributed by atoms with van der Waals surface area (Å²) < 4.78 is 1.99. The number of rotatable bonds is 5. The molecule has 4 aromatic rings. The summed E-state index contributed by atoms with van der Waals surface area (Å²) in [6.07, 6.45) is 3.95. The molecule has 0 saturated heterocycles. The minimum atomic E-state index is -0.246. The molecule has 0 spiro atoms. The Hall–Kier alpha value is -3.86. The molecule has 2 aliphatic rings. The zero-order chi connectivity index (χ0) is 21.5. The van der Waals surface area contributed by atoms with E-state index < -0.39 is 0 Å². The van der Waals surface area contributed by atoms with E-state index in [1.807, 2.05) is 70.2 Å². The second-order valence-corrected chi connectivity index (χ2v) is 8.52. The van der Waals surface area contributed by atoms with Gasteiger partial charge >= 0.3 is 0 Å². The van der Waals surface area contributed by atoms with E-state index >= 15 is 0 Å². The van der Waals surface area contributed by atoms with Crippen LogP contribution in [0.4, 0.5) is 5.69 Å². The smallest absolute Gasteiger partial charge is 0.258 e. The number of benzene rings is 3. The molecule has 0 unspecified atom stereocenters. The number of anilines is 1. The third kappa shape index (κ3) is 3.36. The van der Waals surface area contributed by atoms with Crippen molar-refractivity contribution in [1.82, 2.24) is 14.7 Å². The number of hydrogen-bond acceptors (Lipinski definition) is 3. The number of carbonyl (C=O) groups is 1. The van der Waals surface area contributed by atoms with E-state index in [9.17, 15) is 4.79 Å². The van der Waals surface area contributed by atoms with Crippen molar-refractivity contribution in [3.63, 3.8) is 0 Å². The maximum Gasteiger partial charge on any atom is 0.258 e. The first-order valence-corrected chi connectivity index (χ1v) is 11.1. The first-order valence-electron chi connectivity index (χ1n) is 11.1. The monoisotopic (exact) mass is 420 g/mol. The number of aromatic nitrogens is 2. The van der Waals surface area contributed by atoms with Gasteiger partial charge in [0, 0.05) is 29.1 Å². The van der Waals surface area contributed by atoms with E-state index in [1.165, 1.54) is 5.56 Å². The Labute approximate surface area is 187 Å². The van der Waals surface area contributed by atoms with Gasteiger partial charge < -0.3 is 10.2 Å². The Morgan fingerprint density at radius 2 is 1.56 bits per heavy atom. The minimum absolute atomic E-state index is 0.0988. The number of hydrogen-bond donors (Lipinski definition) is 1. The lowest BCUT2D eigenvalue weighted by atomic mass is 10.0. The SMILES string of the molecule is O=C1c2ccccc2N[C@@H](c2cn(Cc3ccccc3)nc2-c2ccccc2)N1C1CC1. The van der Waals surface area contributed by atoms with Crippen LogP contribution in [0.15, 0.2) is 91.1 Å². The van der Waals surface area contributed by atoms with Gasteiger partial charge in [0.1, 0.15) is 6.17 Å².